The van der Waals surface area contributed by atoms with Crippen LogP contribution in [0.1, 0.15) is 10.4 Å². The SMILES string of the molecule is CN(C(=O)c1ccnc(NN)c1)c1ccc([N+](=O)[O-])cc1. The van der Waals surface area contributed by atoms with E-state index in [0.29, 0.717) is 17.1 Å². The average molecular weight is 287 g/mol. The Hall–Kier alpha value is -3.00. The van der Waals surface area contributed by atoms with Crippen LogP contribution in [0.3, 0.4) is 0 Å². The molecule has 0 unspecified atom stereocenters. The van der Waals surface area contributed by atoms with Crippen LogP contribution in [0, 0.1) is 10.1 Å². The van der Waals surface area contributed by atoms with E-state index in [1.54, 1.807) is 13.1 Å². The first-order chi connectivity index (χ1) is 10.0. The highest BCUT2D eigenvalue weighted by Gasteiger charge is 2.15. The van der Waals surface area contributed by atoms with Crippen LogP contribution in [0.5, 0.6) is 0 Å². The van der Waals surface area contributed by atoms with Gasteiger partial charge in [0.2, 0.25) is 0 Å². The first-order valence-corrected chi connectivity index (χ1v) is 5.98. The molecule has 1 aromatic heterocycles. The fourth-order valence-corrected chi connectivity index (χ4v) is 1.75. The van der Waals surface area contributed by atoms with E-state index in [1.165, 1.54) is 41.4 Å². The van der Waals surface area contributed by atoms with Gasteiger partial charge in [-0.3, -0.25) is 14.9 Å². The predicted octanol–water partition coefficient (Wildman–Crippen LogP) is 1.55. The monoisotopic (exact) mass is 287 g/mol. The summed E-state index contributed by atoms with van der Waals surface area (Å²) in [6.45, 7) is 0. The standard InChI is InChI=1S/C13H13N5O3/c1-17(10-2-4-11(5-3-10)18(20)21)13(19)9-6-7-15-12(8-9)16-14/h2-8H,14H2,1H3,(H,15,16). The Balaban J connectivity index is 2.23. The number of carbonyl (C=O) groups excluding carboxylic acids is 1. The molecule has 0 atom stereocenters. The number of nitrogen functional groups attached to an aromatic ring is 1. The summed E-state index contributed by atoms with van der Waals surface area (Å²) < 4.78 is 0. The van der Waals surface area contributed by atoms with E-state index in [4.69, 9.17) is 5.84 Å². The zero-order chi connectivity index (χ0) is 15.4. The number of carbonyl (C=O) groups is 1. The number of pyridine rings is 1. The van der Waals surface area contributed by atoms with Crippen molar-refractivity contribution in [2.24, 2.45) is 5.84 Å². The first kappa shape index (κ1) is 14.4. The van der Waals surface area contributed by atoms with Crippen molar-refractivity contribution in [3.8, 4) is 0 Å². The van der Waals surface area contributed by atoms with Gasteiger partial charge in [0.25, 0.3) is 11.6 Å². The van der Waals surface area contributed by atoms with Gasteiger partial charge in [0.15, 0.2) is 0 Å². The molecule has 1 heterocycles. The average Bonchev–Trinajstić information content (AvgIpc) is 2.53. The molecule has 0 saturated heterocycles. The van der Waals surface area contributed by atoms with Crippen molar-refractivity contribution in [2.45, 2.75) is 0 Å². The summed E-state index contributed by atoms with van der Waals surface area (Å²) in [5.74, 6) is 5.35. The van der Waals surface area contributed by atoms with Crippen LogP contribution in [0.15, 0.2) is 42.6 Å². The number of hydrogen-bond donors (Lipinski definition) is 2. The van der Waals surface area contributed by atoms with Crippen molar-refractivity contribution in [1.82, 2.24) is 4.98 Å². The number of non-ortho nitro benzene ring substituents is 1. The Morgan fingerprint density at radius 1 is 1.33 bits per heavy atom. The number of aromatic nitrogens is 1. The van der Waals surface area contributed by atoms with Crippen molar-refractivity contribution in [1.29, 1.82) is 0 Å². The molecular weight excluding hydrogens is 274 g/mol. The lowest BCUT2D eigenvalue weighted by Gasteiger charge is -2.17. The van der Waals surface area contributed by atoms with Crippen molar-refractivity contribution in [3.63, 3.8) is 0 Å². The number of nitrogens with one attached hydrogen (secondary N) is 1. The molecule has 1 amide bonds. The summed E-state index contributed by atoms with van der Waals surface area (Å²) in [7, 11) is 1.58. The third-order valence-electron chi connectivity index (χ3n) is 2.91. The Bertz CT molecular complexity index is 672. The second kappa shape index (κ2) is 5.97. The number of nitrogens with two attached hydrogens (primary N) is 1. The fourth-order valence-electron chi connectivity index (χ4n) is 1.75. The van der Waals surface area contributed by atoms with Gasteiger partial charge in [-0.15, -0.1) is 0 Å². The molecule has 2 rings (SSSR count). The normalized spacial score (nSPS) is 10.0. The Morgan fingerprint density at radius 2 is 2.00 bits per heavy atom. The molecule has 3 N–H and O–H groups in total. The molecule has 21 heavy (non-hydrogen) atoms. The van der Waals surface area contributed by atoms with Gasteiger partial charge < -0.3 is 10.3 Å². The molecule has 0 bridgehead atoms. The van der Waals surface area contributed by atoms with Crippen molar-refractivity contribution >= 4 is 23.1 Å². The highest BCUT2D eigenvalue weighted by molar-refractivity contribution is 6.06. The van der Waals surface area contributed by atoms with Gasteiger partial charge >= 0.3 is 0 Å². The van der Waals surface area contributed by atoms with Crippen LogP contribution in [-0.4, -0.2) is 22.9 Å². The van der Waals surface area contributed by atoms with E-state index in [-0.39, 0.29) is 11.6 Å². The van der Waals surface area contributed by atoms with Crippen LogP contribution in [0.2, 0.25) is 0 Å². The van der Waals surface area contributed by atoms with E-state index >= 15 is 0 Å². The molecule has 8 nitrogen and oxygen atoms in total. The maximum Gasteiger partial charge on any atom is 0.269 e. The molecule has 0 aliphatic carbocycles. The molecule has 0 aliphatic heterocycles. The molecular formula is C13H13N5O3. The minimum absolute atomic E-state index is 0.0295. The van der Waals surface area contributed by atoms with Crippen LogP contribution in [0.4, 0.5) is 17.2 Å². The van der Waals surface area contributed by atoms with Gasteiger partial charge in [0.1, 0.15) is 5.82 Å². The number of nitro groups is 1. The molecule has 0 fully saturated rings. The van der Waals surface area contributed by atoms with Crippen molar-refractivity contribution in [3.05, 3.63) is 58.3 Å². The number of rotatable bonds is 4. The van der Waals surface area contributed by atoms with Crippen molar-refractivity contribution in [2.75, 3.05) is 17.4 Å². The zero-order valence-electron chi connectivity index (χ0n) is 11.2. The largest absolute Gasteiger partial charge is 0.311 e. The van der Waals surface area contributed by atoms with Crippen LogP contribution in [0.25, 0.3) is 0 Å². The van der Waals surface area contributed by atoms with Crippen LogP contribution < -0.4 is 16.2 Å². The van der Waals surface area contributed by atoms with Gasteiger partial charge in [-0.1, -0.05) is 0 Å². The summed E-state index contributed by atoms with van der Waals surface area (Å²) in [4.78, 5) is 27.8. The molecule has 108 valence electrons. The Labute approximate surface area is 120 Å². The Morgan fingerprint density at radius 3 is 2.57 bits per heavy atom. The fraction of sp³-hybridized carbons (Fsp3) is 0.0769. The lowest BCUT2D eigenvalue weighted by atomic mass is 10.2. The second-order valence-corrected chi connectivity index (χ2v) is 4.21. The number of anilines is 2. The summed E-state index contributed by atoms with van der Waals surface area (Å²) >= 11 is 0. The van der Waals surface area contributed by atoms with E-state index < -0.39 is 4.92 Å². The number of benzene rings is 1. The molecule has 0 radical (unpaired) electrons. The van der Waals surface area contributed by atoms with Gasteiger partial charge in [0, 0.05) is 36.6 Å². The van der Waals surface area contributed by atoms with Crippen LogP contribution in [-0.2, 0) is 0 Å². The van der Waals surface area contributed by atoms with E-state index in [2.05, 4.69) is 10.4 Å². The third-order valence-corrected chi connectivity index (χ3v) is 2.91. The maximum atomic E-state index is 12.3. The van der Waals surface area contributed by atoms with Gasteiger partial charge in [-0.05, 0) is 24.3 Å². The topological polar surface area (TPSA) is 114 Å². The van der Waals surface area contributed by atoms with E-state index in [1.807, 2.05) is 0 Å². The smallest absolute Gasteiger partial charge is 0.269 e. The first-order valence-electron chi connectivity index (χ1n) is 5.98. The number of amides is 1. The predicted molar refractivity (Wildman–Crippen MR) is 77.9 cm³/mol. The number of hydrazine groups is 1. The second-order valence-electron chi connectivity index (χ2n) is 4.21. The molecule has 0 spiro atoms. The zero-order valence-corrected chi connectivity index (χ0v) is 11.2. The van der Waals surface area contributed by atoms with Gasteiger partial charge in [0.05, 0.1) is 4.92 Å². The lowest BCUT2D eigenvalue weighted by molar-refractivity contribution is -0.384. The minimum Gasteiger partial charge on any atom is -0.311 e. The number of nitro benzene ring substituents is 1. The molecule has 0 aliphatic rings. The highest BCUT2D eigenvalue weighted by Crippen LogP contribution is 2.20. The summed E-state index contributed by atoms with van der Waals surface area (Å²) in [5.41, 5.74) is 3.28. The van der Waals surface area contributed by atoms with Crippen LogP contribution >= 0.6 is 0 Å². The summed E-state index contributed by atoms with van der Waals surface area (Å²) in [6.07, 6.45) is 1.46. The number of hydrogen-bond acceptors (Lipinski definition) is 6. The van der Waals surface area contributed by atoms with Gasteiger partial charge in [-0.25, -0.2) is 10.8 Å². The summed E-state index contributed by atoms with van der Waals surface area (Å²) in [5, 5.41) is 10.6. The molecule has 1 aromatic carbocycles. The van der Waals surface area contributed by atoms with E-state index in [9.17, 15) is 14.9 Å². The Kier molecular flexibility index (Phi) is 4.10. The maximum absolute atomic E-state index is 12.3. The number of nitrogens with zero attached hydrogens (tertiary/aromatic N) is 3. The highest BCUT2D eigenvalue weighted by atomic mass is 16.6. The van der Waals surface area contributed by atoms with Gasteiger partial charge in [-0.2, -0.15) is 0 Å². The third kappa shape index (κ3) is 3.12. The molecule has 0 saturated carbocycles. The molecule has 8 heteroatoms. The lowest BCUT2D eigenvalue weighted by Crippen LogP contribution is -2.26. The summed E-state index contributed by atoms with van der Waals surface area (Å²) in [6, 6.07) is 8.80. The quantitative estimate of drug-likeness (QED) is 0.501. The minimum atomic E-state index is -0.492. The van der Waals surface area contributed by atoms with Crippen molar-refractivity contribution < 1.29 is 9.72 Å². The molecule has 2 aromatic rings. The van der Waals surface area contributed by atoms with E-state index in [0.717, 1.165) is 0 Å².